The zero-order valence-electron chi connectivity index (χ0n) is 19.9. The number of ether oxygens (including phenoxy) is 1. The van der Waals surface area contributed by atoms with Gasteiger partial charge in [-0.25, -0.2) is 14.8 Å². The Morgan fingerprint density at radius 3 is 2.56 bits per heavy atom. The van der Waals surface area contributed by atoms with E-state index in [0.717, 1.165) is 81.4 Å². The molecule has 1 spiro atoms. The standard InChI is InChI=1S/C27H33N5O2/c1-2-3-16-34-26(33)31-14-10-27(11-15-31)18-32(19-27)25-23-17-22(6-7-24(23)29-20-30-25)5-4-21-8-12-28-13-9-21/h6-9,12-13,17,20H,2-5,10-11,14-16,18-19H2,1H3. The van der Waals surface area contributed by atoms with Gasteiger partial charge in [-0.15, -0.1) is 0 Å². The molecule has 34 heavy (non-hydrogen) atoms. The number of aromatic nitrogens is 3. The van der Waals surface area contributed by atoms with Crippen LogP contribution < -0.4 is 4.90 Å². The first-order chi connectivity index (χ1) is 16.7. The van der Waals surface area contributed by atoms with Crippen molar-refractivity contribution >= 4 is 22.8 Å². The fourth-order valence-corrected chi connectivity index (χ4v) is 5.12. The van der Waals surface area contributed by atoms with E-state index in [2.05, 4.69) is 57.1 Å². The molecule has 0 unspecified atom stereocenters. The smallest absolute Gasteiger partial charge is 0.409 e. The van der Waals surface area contributed by atoms with Crippen molar-refractivity contribution in [1.82, 2.24) is 19.9 Å². The number of anilines is 1. The fourth-order valence-electron chi connectivity index (χ4n) is 5.12. The van der Waals surface area contributed by atoms with E-state index in [4.69, 9.17) is 4.74 Å². The lowest BCUT2D eigenvalue weighted by Gasteiger charge is -2.54. The zero-order chi connectivity index (χ0) is 23.4. The summed E-state index contributed by atoms with van der Waals surface area (Å²) < 4.78 is 5.40. The summed E-state index contributed by atoms with van der Waals surface area (Å²) >= 11 is 0. The van der Waals surface area contributed by atoms with Gasteiger partial charge in [0, 0.05) is 49.4 Å². The second-order valence-corrected chi connectivity index (χ2v) is 9.72. The molecule has 0 atom stereocenters. The summed E-state index contributed by atoms with van der Waals surface area (Å²) in [5.74, 6) is 1.03. The Kier molecular flexibility index (Phi) is 6.61. The molecular formula is C27H33N5O2. The molecule has 0 N–H and O–H groups in total. The van der Waals surface area contributed by atoms with Crippen molar-refractivity contribution in [2.45, 2.75) is 45.4 Å². The fraction of sp³-hybridized carbons (Fsp3) is 0.481. The minimum atomic E-state index is -0.152. The van der Waals surface area contributed by atoms with E-state index in [1.807, 2.05) is 17.3 Å². The Hall–Kier alpha value is -3.22. The molecule has 0 radical (unpaired) electrons. The molecule has 7 nitrogen and oxygen atoms in total. The topological polar surface area (TPSA) is 71.5 Å². The molecule has 2 aromatic heterocycles. The molecule has 1 aromatic carbocycles. The van der Waals surface area contributed by atoms with Gasteiger partial charge in [0.15, 0.2) is 0 Å². The van der Waals surface area contributed by atoms with Crippen molar-refractivity contribution in [1.29, 1.82) is 0 Å². The Morgan fingerprint density at radius 2 is 1.79 bits per heavy atom. The van der Waals surface area contributed by atoms with E-state index >= 15 is 0 Å². The van der Waals surface area contributed by atoms with Crippen molar-refractivity contribution in [2.75, 3.05) is 37.7 Å². The summed E-state index contributed by atoms with van der Waals surface area (Å²) in [6, 6.07) is 10.7. The third-order valence-corrected chi connectivity index (χ3v) is 7.29. The highest BCUT2D eigenvalue weighted by molar-refractivity contribution is 5.90. The summed E-state index contributed by atoms with van der Waals surface area (Å²) in [5, 5.41) is 1.13. The van der Waals surface area contributed by atoms with Crippen molar-refractivity contribution in [2.24, 2.45) is 5.41 Å². The lowest BCUT2D eigenvalue weighted by Crippen LogP contribution is -2.61. The summed E-state index contributed by atoms with van der Waals surface area (Å²) in [5.41, 5.74) is 3.86. The number of amides is 1. The molecule has 0 aliphatic carbocycles. The molecule has 2 aliphatic heterocycles. The van der Waals surface area contributed by atoms with Crippen molar-refractivity contribution in [3.8, 4) is 0 Å². The van der Waals surface area contributed by atoms with E-state index in [-0.39, 0.29) is 11.5 Å². The quantitative estimate of drug-likeness (QED) is 0.479. The van der Waals surface area contributed by atoms with Gasteiger partial charge in [-0.05, 0) is 67.5 Å². The summed E-state index contributed by atoms with van der Waals surface area (Å²) in [4.78, 5) is 29.8. The normalized spacial score (nSPS) is 17.1. The van der Waals surface area contributed by atoms with Crippen molar-refractivity contribution < 1.29 is 9.53 Å². The molecule has 2 saturated heterocycles. The number of carbonyl (C=O) groups excluding carboxylic acids is 1. The minimum Gasteiger partial charge on any atom is -0.449 e. The maximum absolute atomic E-state index is 12.3. The maximum atomic E-state index is 12.3. The largest absolute Gasteiger partial charge is 0.449 e. The lowest BCUT2D eigenvalue weighted by molar-refractivity contribution is 0.0524. The molecule has 5 rings (SSSR count). The Labute approximate surface area is 201 Å². The van der Waals surface area contributed by atoms with Gasteiger partial charge in [-0.2, -0.15) is 0 Å². The molecule has 0 bridgehead atoms. The predicted molar refractivity (Wildman–Crippen MR) is 133 cm³/mol. The molecule has 4 heterocycles. The van der Waals surface area contributed by atoms with Gasteiger partial charge in [0.05, 0.1) is 12.1 Å². The van der Waals surface area contributed by atoms with Crippen LogP contribution in [0.3, 0.4) is 0 Å². The van der Waals surface area contributed by atoms with E-state index in [0.29, 0.717) is 6.61 Å². The molecule has 7 heteroatoms. The van der Waals surface area contributed by atoms with Gasteiger partial charge < -0.3 is 14.5 Å². The monoisotopic (exact) mass is 459 g/mol. The van der Waals surface area contributed by atoms with Crippen LogP contribution in [-0.2, 0) is 17.6 Å². The minimum absolute atomic E-state index is 0.152. The third kappa shape index (κ3) is 4.83. The number of hydrogen-bond donors (Lipinski definition) is 0. The average Bonchev–Trinajstić information content (AvgIpc) is 2.86. The second kappa shape index (κ2) is 9.95. The number of hydrogen-bond acceptors (Lipinski definition) is 6. The van der Waals surface area contributed by atoms with Crippen LogP contribution in [0.5, 0.6) is 0 Å². The van der Waals surface area contributed by atoms with Gasteiger partial charge in [0.25, 0.3) is 0 Å². The van der Waals surface area contributed by atoms with Crippen LogP contribution >= 0.6 is 0 Å². The number of fused-ring (bicyclic) bond motifs is 1. The molecule has 0 saturated carbocycles. The van der Waals surface area contributed by atoms with E-state index in [1.165, 1.54) is 11.1 Å². The zero-order valence-corrected chi connectivity index (χ0v) is 19.9. The third-order valence-electron chi connectivity index (χ3n) is 7.29. The van der Waals surface area contributed by atoms with E-state index < -0.39 is 0 Å². The summed E-state index contributed by atoms with van der Waals surface area (Å²) in [7, 11) is 0. The molecule has 178 valence electrons. The van der Waals surface area contributed by atoms with Crippen molar-refractivity contribution in [3.63, 3.8) is 0 Å². The van der Waals surface area contributed by atoms with Crippen LogP contribution in [-0.4, -0.2) is 58.7 Å². The van der Waals surface area contributed by atoms with E-state index in [1.54, 1.807) is 6.33 Å². The van der Waals surface area contributed by atoms with Crippen LogP contribution in [0.2, 0.25) is 0 Å². The second-order valence-electron chi connectivity index (χ2n) is 9.72. The molecular weight excluding hydrogens is 426 g/mol. The van der Waals surface area contributed by atoms with Gasteiger partial charge >= 0.3 is 6.09 Å². The molecule has 1 amide bonds. The molecule has 3 aromatic rings. The highest BCUT2D eigenvalue weighted by Gasteiger charge is 2.46. The maximum Gasteiger partial charge on any atom is 0.409 e. The van der Waals surface area contributed by atoms with Gasteiger partial charge in [0.2, 0.25) is 0 Å². The highest BCUT2D eigenvalue weighted by Crippen LogP contribution is 2.43. The number of pyridine rings is 1. The number of nitrogens with zero attached hydrogens (tertiary/aromatic N) is 5. The number of likely N-dealkylation sites (tertiary alicyclic amines) is 1. The van der Waals surface area contributed by atoms with Crippen LogP contribution in [0.4, 0.5) is 10.6 Å². The average molecular weight is 460 g/mol. The van der Waals surface area contributed by atoms with Crippen molar-refractivity contribution in [3.05, 3.63) is 60.2 Å². The molecule has 2 aliphatic rings. The first-order valence-corrected chi connectivity index (χ1v) is 12.4. The number of carbonyl (C=O) groups is 1. The van der Waals surface area contributed by atoms with Crippen LogP contribution in [0.25, 0.3) is 10.9 Å². The number of benzene rings is 1. The summed E-state index contributed by atoms with van der Waals surface area (Å²) in [6.45, 7) is 6.16. The molecule has 2 fully saturated rings. The SMILES string of the molecule is CCCCOC(=O)N1CCC2(CC1)CN(c1ncnc3ccc(CCc4ccncc4)cc13)C2. The Bertz CT molecular complexity index is 1120. The van der Waals surface area contributed by atoms with Crippen LogP contribution in [0.1, 0.15) is 43.7 Å². The van der Waals surface area contributed by atoms with Crippen LogP contribution in [0, 0.1) is 5.41 Å². The number of aryl methyl sites for hydroxylation is 2. The Balaban J connectivity index is 1.21. The Morgan fingerprint density at radius 1 is 1.03 bits per heavy atom. The number of rotatable bonds is 7. The van der Waals surface area contributed by atoms with E-state index in [9.17, 15) is 4.79 Å². The van der Waals surface area contributed by atoms with Crippen LogP contribution in [0.15, 0.2) is 49.1 Å². The van der Waals surface area contributed by atoms with Gasteiger partial charge in [-0.3, -0.25) is 4.98 Å². The van der Waals surface area contributed by atoms with Gasteiger partial charge in [0.1, 0.15) is 12.1 Å². The van der Waals surface area contributed by atoms with Gasteiger partial charge in [-0.1, -0.05) is 19.4 Å². The number of piperidine rings is 1. The number of unbranched alkanes of at least 4 members (excludes halogenated alkanes) is 1. The highest BCUT2D eigenvalue weighted by atomic mass is 16.6. The first-order valence-electron chi connectivity index (χ1n) is 12.4. The summed E-state index contributed by atoms with van der Waals surface area (Å²) in [6.07, 6.45) is 11.2. The first kappa shape index (κ1) is 22.6. The predicted octanol–water partition coefficient (Wildman–Crippen LogP) is 4.65. The lowest BCUT2D eigenvalue weighted by atomic mass is 9.72.